The molecule has 0 aliphatic rings. The van der Waals surface area contributed by atoms with Crippen molar-refractivity contribution in [2.45, 2.75) is 25.6 Å². The van der Waals surface area contributed by atoms with Gasteiger partial charge in [0, 0.05) is 35.5 Å². The Balaban J connectivity index is 1.67. The molecule has 0 bridgehead atoms. The van der Waals surface area contributed by atoms with Gasteiger partial charge < -0.3 is 10.2 Å². The quantitative estimate of drug-likeness (QED) is 0.295. The fourth-order valence-corrected chi connectivity index (χ4v) is 4.14. The molecule has 3 aromatic carbocycles. The summed E-state index contributed by atoms with van der Waals surface area (Å²) in [6, 6.07) is 26.6. The van der Waals surface area contributed by atoms with Crippen LogP contribution < -0.4 is 5.32 Å². The molecular weight excluding hydrogens is 493 g/mol. The fraction of sp³-hybridized carbons (Fsp3) is 0.138. The summed E-state index contributed by atoms with van der Waals surface area (Å²) >= 11 is 12.1. The second kappa shape index (κ2) is 12.3. The smallest absolute Gasteiger partial charge is 0.247 e. The van der Waals surface area contributed by atoms with E-state index in [1.807, 2.05) is 66.7 Å². The average Bonchev–Trinajstić information content (AvgIpc) is 2.91. The van der Waals surface area contributed by atoms with Crippen molar-refractivity contribution in [1.82, 2.24) is 15.2 Å². The average molecular weight is 518 g/mol. The van der Waals surface area contributed by atoms with Gasteiger partial charge in [0.1, 0.15) is 6.04 Å². The first-order valence-corrected chi connectivity index (χ1v) is 12.2. The van der Waals surface area contributed by atoms with Crippen LogP contribution in [0.15, 0.2) is 103 Å². The number of hydrogen-bond donors (Lipinski definition) is 1. The van der Waals surface area contributed by atoms with E-state index in [4.69, 9.17) is 23.2 Å². The summed E-state index contributed by atoms with van der Waals surface area (Å²) in [5.41, 5.74) is 3.33. The zero-order valence-electron chi connectivity index (χ0n) is 19.5. The van der Waals surface area contributed by atoms with Gasteiger partial charge in [0.2, 0.25) is 11.8 Å². The third kappa shape index (κ3) is 6.94. The second-order valence-electron chi connectivity index (χ2n) is 8.34. The number of hydrogen-bond acceptors (Lipinski definition) is 3. The van der Waals surface area contributed by atoms with E-state index in [2.05, 4.69) is 10.3 Å². The van der Waals surface area contributed by atoms with Gasteiger partial charge in [0.05, 0.1) is 6.42 Å². The van der Waals surface area contributed by atoms with E-state index in [0.717, 1.165) is 22.3 Å². The van der Waals surface area contributed by atoms with Gasteiger partial charge in [-0.05, 0) is 58.7 Å². The predicted octanol–water partition coefficient (Wildman–Crippen LogP) is 6.02. The Labute approximate surface area is 220 Å². The number of nitrogens with one attached hydrogen (secondary N) is 1. The normalized spacial score (nSPS) is 11.5. The molecule has 5 nitrogen and oxygen atoms in total. The van der Waals surface area contributed by atoms with Crippen LogP contribution in [0.25, 0.3) is 0 Å². The minimum Gasteiger partial charge on any atom is -0.350 e. The van der Waals surface area contributed by atoms with Gasteiger partial charge in [0.15, 0.2) is 0 Å². The molecule has 1 atom stereocenters. The number of aromatic nitrogens is 1. The summed E-state index contributed by atoms with van der Waals surface area (Å²) in [4.78, 5) is 33.0. The van der Waals surface area contributed by atoms with Crippen LogP contribution in [-0.4, -0.2) is 21.7 Å². The van der Waals surface area contributed by atoms with E-state index in [1.54, 1.807) is 41.6 Å². The highest BCUT2D eigenvalue weighted by Crippen LogP contribution is 2.26. The van der Waals surface area contributed by atoms with Crippen molar-refractivity contribution in [3.63, 3.8) is 0 Å². The van der Waals surface area contributed by atoms with Gasteiger partial charge in [-0.1, -0.05) is 77.8 Å². The molecule has 7 heteroatoms. The largest absolute Gasteiger partial charge is 0.350 e. The summed E-state index contributed by atoms with van der Waals surface area (Å²) in [7, 11) is 0. The van der Waals surface area contributed by atoms with Gasteiger partial charge in [-0.2, -0.15) is 0 Å². The number of nitrogens with zero attached hydrogens (tertiary/aromatic N) is 2. The minimum atomic E-state index is -0.830. The molecular formula is C29H25Cl2N3O2. The van der Waals surface area contributed by atoms with Crippen LogP contribution in [0.4, 0.5) is 0 Å². The Kier molecular flexibility index (Phi) is 8.71. The topological polar surface area (TPSA) is 62.3 Å². The third-order valence-corrected chi connectivity index (χ3v) is 6.25. The molecule has 1 aromatic heterocycles. The fourth-order valence-electron chi connectivity index (χ4n) is 3.88. The molecule has 0 saturated heterocycles. The van der Waals surface area contributed by atoms with Crippen molar-refractivity contribution in [3.8, 4) is 0 Å². The van der Waals surface area contributed by atoms with E-state index in [1.165, 1.54) is 0 Å². The maximum atomic E-state index is 13.7. The lowest BCUT2D eigenvalue weighted by Gasteiger charge is -2.32. The summed E-state index contributed by atoms with van der Waals surface area (Å²) in [5.74, 6) is -0.448. The Morgan fingerprint density at radius 1 is 0.750 bits per heavy atom. The van der Waals surface area contributed by atoms with Crippen molar-refractivity contribution in [2.75, 3.05) is 0 Å². The highest BCUT2D eigenvalue weighted by Gasteiger charge is 2.31. The zero-order chi connectivity index (χ0) is 25.3. The van der Waals surface area contributed by atoms with Crippen LogP contribution in [-0.2, 0) is 29.1 Å². The first kappa shape index (κ1) is 25.4. The van der Waals surface area contributed by atoms with Gasteiger partial charge in [0.25, 0.3) is 0 Å². The lowest BCUT2D eigenvalue weighted by Crippen LogP contribution is -2.43. The van der Waals surface area contributed by atoms with Crippen LogP contribution in [0.5, 0.6) is 0 Å². The Morgan fingerprint density at radius 3 is 1.94 bits per heavy atom. The molecule has 0 fully saturated rings. The molecule has 1 N–H and O–H groups in total. The molecule has 0 spiro atoms. The summed E-state index contributed by atoms with van der Waals surface area (Å²) in [6.45, 7) is 0.566. The van der Waals surface area contributed by atoms with Crippen molar-refractivity contribution in [3.05, 3.63) is 136 Å². The SMILES string of the molecule is O=C(NCc1ccncc1)C(c1ccccc1)N(Cc1ccc(Cl)cc1)C(=O)Cc1ccc(Cl)cc1. The van der Waals surface area contributed by atoms with E-state index >= 15 is 0 Å². The highest BCUT2D eigenvalue weighted by molar-refractivity contribution is 6.30. The maximum absolute atomic E-state index is 13.7. The molecule has 1 unspecified atom stereocenters. The number of pyridine rings is 1. The van der Waals surface area contributed by atoms with E-state index in [-0.39, 0.29) is 24.8 Å². The lowest BCUT2D eigenvalue weighted by atomic mass is 10.0. The maximum Gasteiger partial charge on any atom is 0.247 e. The molecule has 4 aromatic rings. The Bertz CT molecular complexity index is 1280. The van der Waals surface area contributed by atoms with Crippen LogP contribution in [0, 0.1) is 0 Å². The summed E-state index contributed by atoms with van der Waals surface area (Å²) in [6.07, 6.45) is 3.49. The van der Waals surface area contributed by atoms with Gasteiger partial charge in [-0.3, -0.25) is 14.6 Å². The number of amides is 2. The van der Waals surface area contributed by atoms with Crippen LogP contribution in [0.3, 0.4) is 0 Å². The molecule has 182 valence electrons. The molecule has 2 amide bonds. The number of rotatable bonds is 9. The van der Waals surface area contributed by atoms with Crippen molar-refractivity contribution >= 4 is 35.0 Å². The Hall–Kier alpha value is -3.67. The van der Waals surface area contributed by atoms with E-state index < -0.39 is 6.04 Å². The lowest BCUT2D eigenvalue weighted by molar-refractivity contribution is -0.141. The predicted molar refractivity (Wildman–Crippen MR) is 142 cm³/mol. The number of carbonyl (C=O) groups is 2. The van der Waals surface area contributed by atoms with Crippen LogP contribution in [0.1, 0.15) is 28.3 Å². The standard InChI is InChI=1S/C29H25Cl2N3O2/c30-25-10-6-21(7-11-25)18-27(35)34(20-23-8-12-26(31)13-9-23)28(24-4-2-1-3-5-24)29(36)33-19-22-14-16-32-17-15-22/h1-17,28H,18-20H2,(H,33,36). The van der Waals surface area contributed by atoms with Gasteiger partial charge in [-0.15, -0.1) is 0 Å². The first-order chi connectivity index (χ1) is 17.5. The molecule has 0 aliphatic carbocycles. The third-order valence-electron chi connectivity index (χ3n) is 5.75. The van der Waals surface area contributed by atoms with E-state index in [0.29, 0.717) is 16.6 Å². The molecule has 0 radical (unpaired) electrons. The van der Waals surface area contributed by atoms with Crippen molar-refractivity contribution < 1.29 is 9.59 Å². The second-order valence-corrected chi connectivity index (χ2v) is 9.21. The monoisotopic (exact) mass is 517 g/mol. The number of halogens is 2. The summed E-state index contributed by atoms with van der Waals surface area (Å²) in [5, 5.41) is 4.20. The zero-order valence-corrected chi connectivity index (χ0v) is 21.0. The van der Waals surface area contributed by atoms with E-state index in [9.17, 15) is 9.59 Å². The summed E-state index contributed by atoms with van der Waals surface area (Å²) < 4.78 is 0. The van der Waals surface area contributed by atoms with Gasteiger partial charge >= 0.3 is 0 Å². The number of carbonyl (C=O) groups excluding carboxylic acids is 2. The molecule has 0 aliphatic heterocycles. The highest BCUT2D eigenvalue weighted by atomic mass is 35.5. The van der Waals surface area contributed by atoms with Crippen LogP contribution in [0.2, 0.25) is 10.0 Å². The van der Waals surface area contributed by atoms with Crippen molar-refractivity contribution in [2.24, 2.45) is 0 Å². The molecule has 36 heavy (non-hydrogen) atoms. The number of benzene rings is 3. The first-order valence-electron chi connectivity index (χ1n) is 11.5. The molecule has 1 heterocycles. The van der Waals surface area contributed by atoms with Gasteiger partial charge in [-0.25, -0.2) is 0 Å². The van der Waals surface area contributed by atoms with Crippen molar-refractivity contribution in [1.29, 1.82) is 0 Å². The minimum absolute atomic E-state index is 0.131. The van der Waals surface area contributed by atoms with Crippen LogP contribution >= 0.6 is 23.2 Å². The molecule has 0 saturated carbocycles. The Morgan fingerprint density at radius 2 is 1.33 bits per heavy atom. The molecule has 4 rings (SSSR count).